The van der Waals surface area contributed by atoms with Gasteiger partial charge in [-0.2, -0.15) is 0 Å². The Kier molecular flexibility index (Phi) is 8.80. The smallest absolute Gasteiger partial charge is 0.192 e. The van der Waals surface area contributed by atoms with E-state index in [4.69, 9.17) is 6.42 Å². The zero-order valence-corrected chi connectivity index (χ0v) is 12.4. The van der Waals surface area contributed by atoms with E-state index in [-0.39, 0.29) is 0 Å². The van der Waals surface area contributed by atoms with Gasteiger partial charge in [-0.25, -0.2) is 0 Å². The van der Waals surface area contributed by atoms with Crippen molar-refractivity contribution in [3.63, 3.8) is 0 Å². The highest BCUT2D eigenvalue weighted by Crippen LogP contribution is 2.06. The van der Waals surface area contributed by atoms with Crippen LogP contribution in [0.4, 0.5) is 0 Å². The molecule has 1 rings (SSSR count). The number of unbranched alkanes of at least 4 members (excludes halogenated alkanes) is 2. The maximum absolute atomic E-state index is 5.23. The summed E-state index contributed by atoms with van der Waals surface area (Å²) in [6.07, 6.45) is 9.91. The maximum atomic E-state index is 5.23. The quantitative estimate of drug-likeness (QED) is 0.330. The van der Waals surface area contributed by atoms with E-state index in [1.807, 2.05) is 6.92 Å². The number of nitrogens with one attached hydrogen (secondary N) is 2. The van der Waals surface area contributed by atoms with Gasteiger partial charge in [0.2, 0.25) is 0 Å². The molecule has 2 N–H and O–H groups in total. The molecule has 0 heterocycles. The minimum absolute atomic E-state index is 0.514. The summed E-state index contributed by atoms with van der Waals surface area (Å²) in [4.78, 5) is 4.49. The zero-order valence-electron chi connectivity index (χ0n) is 12.4. The van der Waals surface area contributed by atoms with E-state index in [1.54, 1.807) is 0 Å². The number of hydrogen-bond acceptors (Lipinski definition) is 1. The van der Waals surface area contributed by atoms with Crippen LogP contribution in [-0.4, -0.2) is 25.6 Å². The Balaban J connectivity index is 2.14. The molecular formula is C17H25N3. The summed E-state index contributed by atoms with van der Waals surface area (Å²) in [5.74, 6) is 3.37. The van der Waals surface area contributed by atoms with Gasteiger partial charge in [-0.1, -0.05) is 42.7 Å². The standard InChI is InChI=1S/C17H25N3/c1-3-14-19-17(18-4-2)20-15-10-6-9-13-16-11-7-5-8-12-16/h1,5,7-8,11-12H,4,6,9-10,13-15H2,2H3,(H2,18,19,20). The Morgan fingerprint density at radius 2 is 1.95 bits per heavy atom. The normalized spacial score (nSPS) is 10.9. The number of benzene rings is 1. The van der Waals surface area contributed by atoms with Crippen LogP contribution < -0.4 is 10.6 Å². The molecule has 1 aromatic rings. The molecule has 0 amide bonds. The third-order valence-corrected chi connectivity index (χ3v) is 2.94. The van der Waals surface area contributed by atoms with Gasteiger partial charge >= 0.3 is 0 Å². The molecule has 0 aliphatic heterocycles. The molecule has 0 aliphatic rings. The van der Waals surface area contributed by atoms with E-state index in [1.165, 1.54) is 18.4 Å². The van der Waals surface area contributed by atoms with Crippen molar-refractivity contribution >= 4 is 5.96 Å². The molecule has 0 radical (unpaired) electrons. The van der Waals surface area contributed by atoms with Gasteiger partial charge in [0.25, 0.3) is 0 Å². The average Bonchev–Trinajstić information content (AvgIpc) is 2.49. The summed E-state index contributed by atoms with van der Waals surface area (Å²) in [6.45, 7) is 4.26. The fourth-order valence-corrected chi connectivity index (χ4v) is 1.93. The number of guanidine groups is 1. The second-order valence-electron chi connectivity index (χ2n) is 4.61. The van der Waals surface area contributed by atoms with E-state index in [2.05, 4.69) is 51.9 Å². The first-order valence-corrected chi connectivity index (χ1v) is 7.36. The van der Waals surface area contributed by atoms with Crippen molar-refractivity contribution in [1.29, 1.82) is 0 Å². The second kappa shape index (κ2) is 10.9. The molecule has 3 nitrogen and oxygen atoms in total. The van der Waals surface area contributed by atoms with Crippen molar-refractivity contribution in [2.75, 3.05) is 19.6 Å². The van der Waals surface area contributed by atoms with Crippen molar-refractivity contribution in [2.24, 2.45) is 4.99 Å². The summed E-state index contributed by atoms with van der Waals surface area (Å²) < 4.78 is 0. The monoisotopic (exact) mass is 271 g/mol. The SMILES string of the molecule is C#CCNC(=NCCCCCc1ccccc1)NCC. The number of terminal acetylenes is 1. The van der Waals surface area contributed by atoms with E-state index >= 15 is 0 Å². The highest BCUT2D eigenvalue weighted by atomic mass is 15.2. The molecule has 0 bridgehead atoms. The first kappa shape index (κ1) is 16.1. The largest absolute Gasteiger partial charge is 0.357 e. The minimum Gasteiger partial charge on any atom is -0.357 e. The molecule has 3 heteroatoms. The third-order valence-electron chi connectivity index (χ3n) is 2.94. The summed E-state index contributed by atoms with van der Waals surface area (Å²) in [5.41, 5.74) is 1.42. The maximum Gasteiger partial charge on any atom is 0.192 e. The summed E-state index contributed by atoms with van der Waals surface area (Å²) in [6, 6.07) is 10.6. The topological polar surface area (TPSA) is 36.4 Å². The van der Waals surface area contributed by atoms with Gasteiger partial charge in [0.05, 0.1) is 6.54 Å². The summed E-state index contributed by atoms with van der Waals surface area (Å²) in [7, 11) is 0. The lowest BCUT2D eigenvalue weighted by molar-refractivity contribution is 0.683. The van der Waals surface area contributed by atoms with E-state index in [0.29, 0.717) is 6.54 Å². The van der Waals surface area contributed by atoms with Crippen LogP contribution in [0.3, 0.4) is 0 Å². The minimum atomic E-state index is 0.514. The van der Waals surface area contributed by atoms with Crippen LogP contribution >= 0.6 is 0 Å². The van der Waals surface area contributed by atoms with E-state index < -0.39 is 0 Å². The van der Waals surface area contributed by atoms with Crippen LogP contribution in [0.2, 0.25) is 0 Å². The van der Waals surface area contributed by atoms with Crippen LogP contribution in [0.5, 0.6) is 0 Å². The Bertz CT molecular complexity index is 418. The lowest BCUT2D eigenvalue weighted by Crippen LogP contribution is -2.37. The number of aliphatic imine (C=N–C) groups is 1. The van der Waals surface area contributed by atoms with Gasteiger partial charge in [-0.05, 0) is 31.7 Å². The van der Waals surface area contributed by atoms with Crippen LogP contribution in [0.1, 0.15) is 31.7 Å². The lowest BCUT2D eigenvalue weighted by Gasteiger charge is -2.08. The number of aryl methyl sites for hydroxylation is 1. The highest BCUT2D eigenvalue weighted by Gasteiger charge is 1.95. The van der Waals surface area contributed by atoms with Gasteiger partial charge in [0, 0.05) is 13.1 Å². The number of hydrogen-bond donors (Lipinski definition) is 2. The van der Waals surface area contributed by atoms with Gasteiger partial charge in [-0.3, -0.25) is 4.99 Å². The molecule has 20 heavy (non-hydrogen) atoms. The Hall–Kier alpha value is -1.95. The number of rotatable bonds is 8. The first-order chi connectivity index (χ1) is 9.86. The molecule has 0 spiro atoms. The van der Waals surface area contributed by atoms with Crippen molar-refractivity contribution in [3.05, 3.63) is 35.9 Å². The molecule has 0 atom stereocenters. The second-order valence-corrected chi connectivity index (χ2v) is 4.61. The molecule has 0 saturated heterocycles. The molecule has 0 aromatic heterocycles. The van der Waals surface area contributed by atoms with Crippen molar-refractivity contribution in [3.8, 4) is 12.3 Å². The molecule has 0 aliphatic carbocycles. The highest BCUT2D eigenvalue weighted by molar-refractivity contribution is 5.79. The zero-order chi connectivity index (χ0) is 14.5. The number of nitrogens with zero attached hydrogens (tertiary/aromatic N) is 1. The fourth-order valence-electron chi connectivity index (χ4n) is 1.93. The van der Waals surface area contributed by atoms with Gasteiger partial charge in [0.15, 0.2) is 5.96 Å². The van der Waals surface area contributed by atoms with Crippen LogP contribution in [0, 0.1) is 12.3 Å². The van der Waals surface area contributed by atoms with Crippen molar-refractivity contribution < 1.29 is 0 Å². The van der Waals surface area contributed by atoms with Crippen LogP contribution in [0.25, 0.3) is 0 Å². The Morgan fingerprint density at radius 3 is 2.65 bits per heavy atom. The summed E-state index contributed by atoms with van der Waals surface area (Å²) in [5, 5.41) is 6.27. The molecule has 0 saturated carbocycles. The first-order valence-electron chi connectivity index (χ1n) is 7.36. The van der Waals surface area contributed by atoms with Gasteiger partial charge < -0.3 is 10.6 Å². The Labute approximate surface area is 122 Å². The van der Waals surface area contributed by atoms with E-state index in [9.17, 15) is 0 Å². The molecule has 108 valence electrons. The molecule has 0 unspecified atom stereocenters. The van der Waals surface area contributed by atoms with Gasteiger partial charge in [-0.15, -0.1) is 6.42 Å². The van der Waals surface area contributed by atoms with Crippen molar-refractivity contribution in [1.82, 2.24) is 10.6 Å². The predicted octanol–water partition coefficient (Wildman–Crippen LogP) is 2.59. The predicted molar refractivity (Wildman–Crippen MR) is 86.8 cm³/mol. The summed E-state index contributed by atoms with van der Waals surface area (Å²) >= 11 is 0. The van der Waals surface area contributed by atoms with E-state index in [0.717, 1.165) is 31.9 Å². The Morgan fingerprint density at radius 1 is 1.15 bits per heavy atom. The third kappa shape index (κ3) is 7.48. The lowest BCUT2D eigenvalue weighted by atomic mass is 10.1. The molecule has 1 aromatic carbocycles. The molecular weight excluding hydrogens is 246 g/mol. The van der Waals surface area contributed by atoms with Gasteiger partial charge in [0.1, 0.15) is 0 Å². The fraction of sp³-hybridized carbons (Fsp3) is 0.471. The molecule has 0 fully saturated rings. The van der Waals surface area contributed by atoms with Crippen LogP contribution in [-0.2, 0) is 6.42 Å². The average molecular weight is 271 g/mol. The van der Waals surface area contributed by atoms with Crippen LogP contribution in [0.15, 0.2) is 35.3 Å². The van der Waals surface area contributed by atoms with Crippen molar-refractivity contribution in [2.45, 2.75) is 32.6 Å².